The topological polar surface area (TPSA) is 85.3 Å². The van der Waals surface area contributed by atoms with Crippen LogP contribution in [-0.4, -0.2) is 26.4 Å². The minimum atomic E-state index is -0.850. The zero-order chi connectivity index (χ0) is 24.2. The van der Waals surface area contributed by atoms with Crippen molar-refractivity contribution in [3.63, 3.8) is 0 Å². The Morgan fingerprint density at radius 3 is 2.65 bits per heavy atom. The number of furan rings is 1. The molecule has 34 heavy (non-hydrogen) atoms. The van der Waals surface area contributed by atoms with Crippen LogP contribution in [0.4, 0.5) is 0 Å². The molecule has 1 aromatic carbocycles. The van der Waals surface area contributed by atoms with Gasteiger partial charge in [-0.1, -0.05) is 33.6 Å². The third kappa shape index (κ3) is 5.60. The van der Waals surface area contributed by atoms with Crippen LogP contribution in [0.5, 0.6) is 0 Å². The summed E-state index contributed by atoms with van der Waals surface area (Å²) in [6.07, 6.45) is 8.12. The van der Waals surface area contributed by atoms with Gasteiger partial charge in [0.15, 0.2) is 5.78 Å². The summed E-state index contributed by atoms with van der Waals surface area (Å²) in [5, 5.41) is 9.27. The lowest BCUT2D eigenvalue weighted by Crippen LogP contribution is -2.23. The molecule has 1 aliphatic carbocycles. The van der Waals surface area contributed by atoms with Crippen LogP contribution in [-0.2, 0) is 11.2 Å². The molecule has 0 radical (unpaired) electrons. The van der Waals surface area contributed by atoms with Gasteiger partial charge in [-0.05, 0) is 67.3 Å². The van der Waals surface area contributed by atoms with E-state index in [-0.39, 0.29) is 24.5 Å². The number of Topliss-reactive ketones (excluding diaryl/α,β-unsaturated/α-hetero) is 1. The zero-order valence-corrected chi connectivity index (χ0v) is 20.5. The highest BCUT2D eigenvalue weighted by Gasteiger charge is 2.28. The third-order valence-corrected chi connectivity index (χ3v) is 7.14. The van der Waals surface area contributed by atoms with Crippen LogP contribution >= 0.6 is 0 Å². The van der Waals surface area contributed by atoms with Crippen LogP contribution in [0, 0.1) is 17.8 Å². The molecule has 4 rings (SSSR count). The highest BCUT2D eigenvalue weighted by molar-refractivity contribution is 5.99. The van der Waals surface area contributed by atoms with Gasteiger partial charge in [0.25, 0.3) is 0 Å². The van der Waals surface area contributed by atoms with Crippen molar-refractivity contribution in [3.05, 3.63) is 53.7 Å². The fourth-order valence-corrected chi connectivity index (χ4v) is 5.60. The summed E-state index contributed by atoms with van der Waals surface area (Å²) in [4.78, 5) is 29.4. The Hall–Kier alpha value is -2.89. The maximum Gasteiger partial charge on any atom is 0.303 e. The number of ketones is 1. The first-order chi connectivity index (χ1) is 16.3. The summed E-state index contributed by atoms with van der Waals surface area (Å²) in [7, 11) is 0. The predicted octanol–water partition coefficient (Wildman–Crippen LogP) is 6.68. The van der Waals surface area contributed by atoms with E-state index in [1.54, 1.807) is 6.26 Å². The van der Waals surface area contributed by atoms with Crippen molar-refractivity contribution in [2.45, 2.75) is 78.2 Å². The van der Waals surface area contributed by atoms with E-state index < -0.39 is 5.97 Å². The van der Waals surface area contributed by atoms with E-state index in [1.165, 1.54) is 19.3 Å². The fourth-order valence-electron chi connectivity index (χ4n) is 5.60. The van der Waals surface area contributed by atoms with E-state index in [9.17, 15) is 14.7 Å². The van der Waals surface area contributed by atoms with Gasteiger partial charge in [-0.3, -0.25) is 9.59 Å². The highest BCUT2D eigenvalue weighted by Crippen LogP contribution is 2.37. The highest BCUT2D eigenvalue weighted by atomic mass is 16.4. The zero-order valence-electron chi connectivity index (χ0n) is 20.5. The lowest BCUT2D eigenvalue weighted by molar-refractivity contribution is -0.138. The molecule has 3 aromatic rings. The Balaban J connectivity index is 1.66. The summed E-state index contributed by atoms with van der Waals surface area (Å²) in [5.74, 6) is 1.74. The van der Waals surface area contributed by atoms with Crippen LogP contribution in [0.15, 0.2) is 41.0 Å². The van der Waals surface area contributed by atoms with Crippen LogP contribution < -0.4 is 0 Å². The molecule has 0 saturated heterocycles. The van der Waals surface area contributed by atoms with Gasteiger partial charge in [-0.2, -0.15) is 0 Å². The van der Waals surface area contributed by atoms with Crippen molar-refractivity contribution in [2.75, 3.05) is 0 Å². The number of carbonyl (C=O) groups is 2. The largest absolute Gasteiger partial charge is 0.481 e. The SMILES string of the molecule is CC(C)C[C@@H](CC(=O)O)CC(=O)c1ccc2c(c1)nc(Cc1ccco1)n2C1CCCCC1C. The van der Waals surface area contributed by atoms with E-state index >= 15 is 0 Å². The first-order valence-electron chi connectivity index (χ1n) is 12.6. The van der Waals surface area contributed by atoms with Crippen LogP contribution in [0.1, 0.15) is 93.7 Å². The lowest BCUT2D eigenvalue weighted by atomic mass is 9.85. The summed E-state index contributed by atoms with van der Waals surface area (Å²) >= 11 is 0. The summed E-state index contributed by atoms with van der Waals surface area (Å²) in [6.45, 7) is 6.44. The molecule has 3 atom stereocenters. The van der Waals surface area contributed by atoms with Crippen molar-refractivity contribution in [1.82, 2.24) is 9.55 Å². The number of carboxylic acid groups (broad SMARTS) is 1. The van der Waals surface area contributed by atoms with E-state index in [2.05, 4.69) is 25.3 Å². The minimum Gasteiger partial charge on any atom is -0.481 e. The number of rotatable bonds is 10. The molecular weight excluding hydrogens is 428 g/mol. The number of benzene rings is 1. The van der Waals surface area contributed by atoms with Gasteiger partial charge in [0.05, 0.1) is 23.7 Å². The first kappa shape index (κ1) is 24.2. The molecule has 1 fully saturated rings. The van der Waals surface area contributed by atoms with Gasteiger partial charge in [0.2, 0.25) is 0 Å². The monoisotopic (exact) mass is 464 g/mol. The van der Waals surface area contributed by atoms with Crippen LogP contribution in [0.3, 0.4) is 0 Å². The number of fused-ring (bicyclic) bond motifs is 1. The van der Waals surface area contributed by atoms with Gasteiger partial charge >= 0.3 is 5.97 Å². The van der Waals surface area contributed by atoms with Crippen molar-refractivity contribution in [1.29, 1.82) is 0 Å². The second-order valence-corrected chi connectivity index (χ2v) is 10.4. The minimum absolute atomic E-state index is 0.0121. The van der Waals surface area contributed by atoms with E-state index in [1.807, 2.05) is 30.3 Å². The van der Waals surface area contributed by atoms with Crippen molar-refractivity contribution in [3.8, 4) is 0 Å². The molecule has 1 saturated carbocycles. The Kier molecular flexibility index (Phi) is 7.54. The quantitative estimate of drug-likeness (QED) is 0.338. The first-order valence-corrected chi connectivity index (χ1v) is 12.6. The normalized spacial score (nSPS) is 19.5. The maximum atomic E-state index is 13.1. The van der Waals surface area contributed by atoms with Gasteiger partial charge in [0.1, 0.15) is 11.6 Å². The fraction of sp³-hybridized carbons (Fsp3) is 0.536. The molecule has 0 bridgehead atoms. The molecule has 182 valence electrons. The molecule has 0 amide bonds. The van der Waals surface area contributed by atoms with Crippen molar-refractivity contribution >= 4 is 22.8 Å². The molecular formula is C28H36N2O4. The van der Waals surface area contributed by atoms with Gasteiger partial charge in [-0.15, -0.1) is 0 Å². The summed E-state index contributed by atoms with van der Waals surface area (Å²) < 4.78 is 7.99. The molecule has 1 N–H and O–H groups in total. The number of hydrogen-bond donors (Lipinski definition) is 1. The third-order valence-electron chi connectivity index (χ3n) is 7.14. The van der Waals surface area contributed by atoms with E-state index in [0.29, 0.717) is 29.9 Å². The summed E-state index contributed by atoms with van der Waals surface area (Å²) in [5.41, 5.74) is 2.49. The van der Waals surface area contributed by atoms with Gasteiger partial charge < -0.3 is 14.1 Å². The molecule has 0 spiro atoms. The number of carbonyl (C=O) groups excluding carboxylic acids is 1. The number of carboxylic acids is 1. The molecule has 6 nitrogen and oxygen atoms in total. The smallest absolute Gasteiger partial charge is 0.303 e. The standard InChI is InChI=1S/C28H36N2O4/c1-18(2)13-20(15-28(32)33)14-26(31)21-10-11-25-23(16-21)29-27(17-22-8-6-12-34-22)30(25)24-9-5-4-7-19(24)3/h6,8,10-12,16,18-20,24H,4-5,7,9,13-15,17H2,1-3H3,(H,32,33)/t19?,20-,24?/m1/s1. The van der Waals surface area contributed by atoms with Crippen molar-refractivity contribution < 1.29 is 19.1 Å². The Labute approximate surface area is 201 Å². The second-order valence-electron chi connectivity index (χ2n) is 10.4. The summed E-state index contributed by atoms with van der Waals surface area (Å²) in [6, 6.07) is 10.1. The second kappa shape index (κ2) is 10.6. The Morgan fingerprint density at radius 2 is 1.97 bits per heavy atom. The Morgan fingerprint density at radius 1 is 1.18 bits per heavy atom. The molecule has 2 aromatic heterocycles. The predicted molar refractivity (Wildman–Crippen MR) is 132 cm³/mol. The number of hydrogen-bond acceptors (Lipinski definition) is 4. The van der Waals surface area contributed by atoms with E-state index in [0.717, 1.165) is 35.5 Å². The Bertz CT molecular complexity index is 1130. The average Bonchev–Trinajstić information content (AvgIpc) is 3.40. The number of aliphatic carboxylic acids is 1. The molecule has 0 aliphatic heterocycles. The van der Waals surface area contributed by atoms with Crippen molar-refractivity contribution in [2.24, 2.45) is 17.8 Å². The van der Waals surface area contributed by atoms with Gasteiger partial charge in [0, 0.05) is 24.4 Å². The number of aromatic nitrogens is 2. The number of nitrogens with zero attached hydrogens (tertiary/aromatic N) is 2. The van der Waals surface area contributed by atoms with Crippen LogP contribution in [0.25, 0.3) is 11.0 Å². The average molecular weight is 465 g/mol. The molecule has 6 heteroatoms. The van der Waals surface area contributed by atoms with E-state index in [4.69, 9.17) is 9.40 Å². The molecule has 1 aliphatic rings. The van der Waals surface area contributed by atoms with Gasteiger partial charge in [-0.25, -0.2) is 4.98 Å². The molecule has 2 unspecified atom stereocenters. The molecule has 2 heterocycles. The lowest BCUT2D eigenvalue weighted by Gasteiger charge is -2.31. The number of imidazole rings is 1. The van der Waals surface area contributed by atoms with Crippen LogP contribution in [0.2, 0.25) is 0 Å². The maximum absolute atomic E-state index is 13.1.